The molecule has 0 heterocycles. The maximum Gasteiger partial charge on any atom is 0.137 e. The highest BCUT2D eigenvalue weighted by Crippen LogP contribution is 2.25. The second-order valence-electron chi connectivity index (χ2n) is 3.29. The molecule has 0 aliphatic carbocycles. The number of carbonyl (C=O) groups excluding carboxylic acids is 1. The summed E-state index contributed by atoms with van der Waals surface area (Å²) in [5.74, 6) is 0.683. The fourth-order valence-corrected chi connectivity index (χ4v) is 1.45. The molecular formula is C11H13ClO2. The topological polar surface area (TPSA) is 26.3 Å². The van der Waals surface area contributed by atoms with Gasteiger partial charge in [0.1, 0.15) is 12.0 Å². The molecule has 3 heteroatoms. The van der Waals surface area contributed by atoms with Crippen LogP contribution in [-0.2, 0) is 11.2 Å². The number of halogens is 1. The van der Waals surface area contributed by atoms with Crippen LogP contribution >= 0.6 is 11.6 Å². The van der Waals surface area contributed by atoms with Gasteiger partial charge in [-0.15, -0.1) is 0 Å². The van der Waals surface area contributed by atoms with Crippen molar-refractivity contribution in [3.63, 3.8) is 0 Å². The highest BCUT2D eigenvalue weighted by molar-refractivity contribution is 6.32. The van der Waals surface area contributed by atoms with E-state index < -0.39 is 0 Å². The van der Waals surface area contributed by atoms with Gasteiger partial charge in [-0.05, 0) is 24.1 Å². The van der Waals surface area contributed by atoms with Gasteiger partial charge in [-0.25, -0.2) is 0 Å². The molecule has 0 saturated carbocycles. The molecule has 2 nitrogen and oxygen atoms in total. The van der Waals surface area contributed by atoms with E-state index in [0.29, 0.717) is 10.8 Å². The van der Waals surface area contributed by atoms with Crippen molar-refractivity contribution >= 4 is 17.9 Å². The summed E-state index contributed by atoms with van der Waals surface area (Å²) >= 11 is 5.87. The Morgan fingerprint density at radius 2 is 2.29 bits per heavy atom. The number of aldehydes is 1. The van der Waals surface area contributed by atoms with Crippen LogP contribution in [0.3, 0.4) is 0 Å². The van der Waals surface area contributed by atoms with Crippen molar-refractivity contribution in [3.05, 3.63) is 28.8 Å². The monoisotopic (exact) mass is 212 g/mol. The summed E-state index contributed by atoms with van der Waals surface area (Å²) in [5, 5.41) is 0.593. The standard InChI is InChI=1S/C11H13ClO2/c1-8(7-13)5-9-3-4-10(12)11(6-9)14-2/h3-4,6-8H,5H2,1-2H3. The summed E-state index contributed by atoms with van der Waals surface area (Å²) in [5.41, 5.74) is 1.06. The van der Waals surface area contributed by atoms with Crippen molar-refractivity contribution in [2.45, 2.75) is 13.3 Å². The number of methoxy groups -OCH3 is 1. The first-order valence-electron chi connectivity index (χ1n) is 4.45. The Morgan fingerprint density at radius 1 is 1.57 bits per heavy atom. The number of hydrogen-bond acceptors (Lipinski definition) is 2. The Balaban J connectivity index is 2.84. The molecule has 1 aromatic rings. The van der Waals surface area contributed by atoms with Crippen molar-refractivity contribution < 1.29 is 9.53 Å². The fourth-order valence-electron chi connectivity index (χ4n) is 1.25. The van der Waals surface area contributed by atoms with Crippen LogP contribution in [-0.4, -0.2) is 13.4 Å². The lowest BCUT2D eigenvalue weighted by Gasteiger charge is -2.07. The molecule has 76 valence electrons. The van der Waals surface area contributed by atoms with E-state index in [4.69, 9.17) is 16.3 Å². The van der Waals surface area contributed by atoms with Crippen LogP contribution in [0.4, 0.5) is 0 Å². The second kappa shape index (κ2) is 5.01. The lowest BCUT2D eigenvalue weighted by molar-refractivity contribution is -0.110. The Bertz CT molecular complexity index is 323. The summed E-state index contributed by atoms with van der Waals surface area (Å²) in [7, 11) is 1.58. The first kappa shape index (κ1) is 11.1. The molecule has 0 spiro atoms. The van der Waals surface area contributed by atoms with E-state index in [1.54, 1.807) is 13.2 Å². The van der Waals surface area contributed by atoms with Crippen LogP contribution in [0.5, 0.6) is 5.75 Å². The molecule has 1 atom stereocenters. The van der Waals surface area contributed by atoms with Crippen molar-refractivity contribution in [3.8, 4) is 5.75 Å². The fraction of sp³-hybridized carbons (Fsp3) is 0.364. The minimum atomic E-state index is 0.0286. The van der Waals surface area contributed by atoms with E-state index in [1.165, 1.54) is 0 Å². The molecule has 0 radical (unpaired) electrons. The van der Waals surface area contributed by atoms with Gasteiger partial charge in [0.2, 0.25) is 0 Å². The van der Waals surface area contributed by atoms with Gasteiger partial charge in [-0.3, -0.25) is 0 Å². The summed E-state index contributed by atoms with van der Waals surface area (Å²) in [6.45, 7) is 1.88. The normalized spacial score (nSPS) is 12.2. The minimum Gasteiger partial charge on any atom is -0.495 e. The van der Waals surface area contributed by atoms with Crippen LogP contribution < -0.4 is 4.74 Å². The third kappa shape index (κ3) is 2.74. The quantitative estimate of drug-likeness (QED) is 0.718. The average Bonchev–Trinajstić information content (AvgIpc) is 2.20. The highest BCUT2D eigenvalue weighted by atomic mass is 35.5. The zero-order valence-corrected chi connectivity index (χ0v) is 9.04. The van der Waals surface area contributed by atoms with Gasteiger partial charge in [-0.1, -0.05) is 24.6 Å². The third-order valence-corrected chi connectivity index (χ3v) is 2.32. The van der Waals surface area contributed by atoms with Crippen molar-refractivity contribution in [1.82, 2.24) is 0 Å². The lowest BCUT2D eigenvalue weighted by Crippen LogP contribution is -2.00. The Labute approximate surface area is 88.8 Å². The predicted octanol–water partition coefficient (Wildman–Crippen LogP) is 2.73. The Hall–Kier alpha value is -1.02. The predicted molar refractivity (Wildman–Crippen MR) is 56.9 cm³/mol. The van der Waals surface area contributed by atoms with E-state index in [9.17, 15) is 4.79 Å². The summed E-state index contributed by atoms with van der Waals surface area (Å²) in [4.78, 5) is 10.5. The smallest absolute Gasteiger partial charge is 0.137 e. The first-order chi connectivity index (χ1) is 6.67. The van der Waals surface area contributed by atoms with Crippen LogP contribution in [0.2, 0.25) is 5.02 Å². The van der Waals surface area contributed by atoms with Gasteiger partial charge in [0.05, 0.1) is 12.1 Å². The average molecular weight is 213 g/mol. The largest absolute Gasteiger partial charge is 0.495 e. The molecule has 0 bridgehead atoms. The highest BCUT2D eigenvalue weighted by Gasteiger charge is 2.05. The molecule has 1 rings (SSSR count). The van der Waals surface area contributed by atoms with E-state index in [2.05, 4.69) is 0 Å². The van der Waals surface area contributed by atoms with E-state index in [-0.39, 0.29) is 5.92 Å². The molecule has 0 aliphatic heterocycles. The lowest BCUT2D eigenvalue weighted by atomic mass is 10.0. The molecule has 0 aromatic heterocycles. The van der Waals surface area contributed by atoms with Crippen molar-refractivity contribution in [2.24, 2.45) is 5.92 Å². The second-order valence-corrected chi connectivity index (χ2v) is 3.69. The molecule has 0 saturated heterocycles. The minimum absolute atomic E-state index is 0.0286. The summed E-state index contributed by atoms with van der Waals surface area (Å²) < 4.78 is 5.08. The van der Waals surface area contributed by atoms with E-state index in [1.807, 2.05) is 19.1 Å². The third-order valence-electron chi connectivity index (χ3n) is 2.01. The van der Waals surface area contributed by atoms with Gasteiger partial charge in [-0.2, -0.15) is 0 Å². The van der Waals surface area contributed by atoms with Crippen molar-refractivity contribution in [1.29, 1.82) is 0 Å². The summed E-state index contributed by atoms with van der Waals surface area (Å²) in [6.07, 6.45) is 1.66. The molecule has 1 unspecified atom stereocenters. The Kier molecular flexibility index (Phi) is 3.96. The van der Waals surface area contributed by atoms with E-state index in [0.717, 1.165) is 18.3 Å². The molecule has 0 aliphatic rings. The number of benzene rings is 1. The SMILES string of the molecule is COc1cc(CC(C)C=O)ccc1Cl. The molecule has 14 heavy (non-hydrogen) atoms. The molecule has 0 amide bonds. The number of rotatable bonds is 4. The van der Waals surface area contributed by atoms with Crippen LogP contribution in [0.15, 0.2) is 18.2 Å². The first-order valence-corrected chi connectivity index (χ1v) is 4.83. The number of hydrogen-bond donors (Lipinski definition) is 0. The van der Waals surface area contributed by atoms with Gasteiger partial charge in [0.15, 0.2) is 0 Å². The van der Waals surface area contributed by atoms with Gasteiger partial charge in [0, 0.05) is 5.92 Å². The van der Waals surface area contributed by atoms with Gasteiger partial charge < -0.3 is 9.53 Å². The number of ether oxygens (including phenoxy) is 1. The number of carbonyl (C=O) groups is 1. The maximum absolute atomic E-state index is 10.5. The van der Waals surface area contributed by atoms with E-state index >= 15 is 0 Å². The van der Waals surface area contributed by atoms with Crippen LogP contribution in [0.25, 0.3) is 0 Å². The summed E-state index contributed by atoms with van der Waals surface area (Å²) in [6, 6.07) is 5.56. The molecule has 0 N–H and O–H groups in total. The zero-order valence-electron chi connectivity index (χ0n) is 8.29. The molecule has 1 aromatic carbocycles. The van der Waals surface area contributed by atoms with Crippen molar-refractivity contribution in [2.75, 3.05) is 7.11 Å². The zero-order chi connectivity index (χ0) is 10.6. The molecular weight excluding hydrogens is 200 g/mol. The maximum atomic E-state index is 10.5. The van der Waals surface area contributed by atoms with Gasteiger partial charge >= 0.3 is 0 Å². The van der Waals surface area contributed by atoms with Crippen LogP contribution in [0.1, 0.15) is 12.5 Å². The Morgan fingerprint density at radius 3 is 2.86 bits per heavy atom. The van der Waals surface area contributed by atoms with Crippen LogP contribution in [0, 0.1) is 5.92 Å². The van der Waals surface area contributed by atoms with Gasteiger partial charge in [0.25, 0.3) is 0 Å². The molecule has 0 fully saturated rings.